The zero-order valence-corrected chi connectivity index (χ0v) is 17.1. The molecule has 1 aliphatic heterocycles. The summed E-state index contributed by atoms with van der Waals surface area (Å²) in [5.74, 6) is -1.09. The number of rotatable bonds is 7. The van der Waals surface area contributed by atoms with Gasteiger partial charge in [0.05, 0.1) is 0 Å². The molecule has 7 heteroatoms. The fourth-order valence-corrected chi connectivity index (χ4v) is 3.65. The Balaban J connectivity index is 1.54. The number of aromatic nitrogens is 1. The number of hydrogen-bond donors (Lipinski definition) is 1. The third-order valence-corrected chi connectivity index (χ3v) is 5.22. The number of nitrogens with zero attached hydrogens (tertiary/aromatic N) is 2. The molecule has 0 saturated carbocycles. The lowest BCUT2D eigenvalue weighted by Crippen LogP contribution is -2.23. The van der Waals surface area contributed by atoms with Gasteiger partial charge in [-0.05, 0) is 53.4 Å². The lowest BCUT2D eigenvalue weighted by molar-refractivity contribution is 0.0764. The minimum Gasteiger partial charge on any atom is -0.435 e. The molecule has 2 amide bonds. The molecular weight excluding hydrogens is 397 g/mol. The number of fused-ring (bicyclic) bond motifs is 1. The normalized spacial score (nSPS) is 12.7. The zero-order valence-electron chi connectivity index (χ0n) is 17.1. The van der Waals surface area contributed by atoms with Gasteiger partial charge in [-0.15, -0.1) is 0 Å². The van der Waals surface area contributed by atoms with E-state index in [-0.39, 0.29) is 17.5 Å². The van der Waals surface area contributed by atoms with Crippen LogP contribution in [-0.4, -0.2) is 21.7 Å². The number of pyridine rings is 1. The van der Waals surface area contributed by atoms with Crippen molar-refractivity contribution in [2.75, 3.05) is 0 Å². The van der Waals surface area contributed by atoms with Crippen LogP contribution in [0.3, 0.4) is 0 Å². The van der Waals surface area contributed by atoms with E-state index in [2.05, 4.69) is 4.98 Å². The maximum absolute atomic E-state index is 14.5. The van der Waals surface area contributed by atoms with Gasteiger partial charge in [0.1, 0.15) is 5.56 Å². The summed E-state index contributed by atoms with van der Waals surface area (Å²) in [6, 6.07) is 13.4. The van der Waals surface area contributed by atoms with Gasteiger partial charge in [0.15, 0.2) is 11.6 Å². The van der Waals surface area contributed by atoms with Crippen LogP contribution >= 0.6 is 0 Å². The number of aryl methyl sites for hydroxylation is 1. The highest BCUT2D eigenvalue weighted by Gasteiger charge is 2.32. The predicted molar refractivity (Wildman–Crippen MR) is 113 cm³/mol. The van der Waals surface area contributed by atoms with Crippen LogP contribution in [0.1, 0.15) is 50.8 Å². The van der Waals surface area contributed by atoms with Gasteiger partial charge in [-0.25, -0.2) is 9.37 Å². The molecular formula is C24H22FN3O3. The highest BCUT2D eigenvalue weighted by Crippen LogP contribution is 2.33. The van der Waals surface area contributed by atoms with E-state index >= 15 is 0 Å². The van der Waals surface area contributed by atoms with Crippen molar-refractivity contribution >= 4 is 11.8 Å². The van der Waals surface area contributed by atoms with E-state index in [1.807, 2.05) is 13.0 Å². The van der Waals surface area contributed by atoms with Crippen molar-refractivity contribution in [3.05, 3.63) is 88.4 Å². The summed E-state index contributed by atoms with van der Waals surface area (Å²) in [6.45, 7) is 2.78. The van der Waals surface area contributed by atoms with Crippen LogP contribution in [0.25, 0.3) is 0 Å². The fourth-order valence-electron chi connectivity index (χ4n) is 3.65. The van der Waals surface area contributed by atoms with Gasteiger partial charge in [0.25, 0.3) is 5.91 Å². The Kier molecular flexibility index (Phi) is 5.66. The van der Waals surface area contributed by atoms with Gasteiger partial charge < -0.3 is 15.4 Å². The molecule has 1 aliphatic rings. The summed E-state index contributed by atoms with van der Waals surface area (Å²) >= 11 is 0. The Morgan fingerprint density at radius 1 is 1.16 bits per heavy atom. The summed E-state index contributed by atoms with van der Waals surface area (Å²) in [5, 5.41) is 0. The van der Waals surface area contributed by atoms with Crippen molar-refractivity contribution in [1.29, 1.82) is 0 Å². The second kappa shape index (κ2) is 8.55. The Bertz CT molecular complexity index is 1150. The van der Waals surface area contributed by atoms with Gasteiger partial charge in [-0.3, -0.25) is 9.59 Å². The molecule has 4 rings (SSSR count). The van der Waals surface area contributed by atoms with E-state index in [9.17, 15) is 14.0 Å². The van der Waals surface area contributed by atoms with E-state index < -0.39 is 11.7 Å². The maximum Gasteiger partial charge on any atom is 0.260 e. The second-order valence-corrected chi connectivity index (χ2v) is 7.49. The summed E-state index contributed by atoms with van der Waals surface area (Å²) in [5.41, 5.74) is 8.54. The first-order valence-corrected chi connectivity index (χ1v) is 10.1. The minimum absolute atomic E-state index is 0.0362. The Morgan fingerprint density at radius 2 is 1.90 bits per heavy atom. The highest BCUT2D eigenvalue weighted by molar-refractivity contribution is 6.00. The number of hydrogen-bond acceptors (Lipinski definition) is 4. The van der Waals surface area contributed by atoms with Crippen molar-refractivity contribution < 1.29 is 18.7 Å². The number of ether oxygens (including phenoxy) is 1. The minimum atomic E-state index is -0.501. The van der Waals surface area contributed by atoms with Crippen molar-refractivity contribution in [2.24, 2.45) is 5.73 Å². The summed E-state index contributed by atoms with van der Waals surface area (Å²) < 4.78 is 20.2. The SMILES string of the molecule is CCCc1ccc(Oc2nccc3c2C(=O)N(Cc2ccc(C(N)=O)cc2)C3)c(F)c1. The second-order valence-electron chi connectivity index (χ2n) is 7.49. The summed E-state index contributed by atoms with van der Waals surface area (Å²) in [6.07, 6.45) is 3.25. The Labute approximate surface area is 179 Å². The Morgan fingerprint density at radius 3 is 2.58 bits per heavy atom. The van der Waals surface area contributed by atoms with E-state index in [4.69, 9.17) is 10.5 Å². The molecule has 3 aromatic rings. The van der Waals surface area contributed by atoms with Crippen molar-refractivity contribution in [3.63, 3.8) is 0 Å². The molecule has 0 bridgehead atoms. The van der Waals surface area contributed by atoms with Gasteiger partial charge in [0.2, 0.25) is 11.8 Å². The molecule has 0 spiro atoms. The molecule has 1 aromatic heterocycles. The van der Waals surface area contributed by atoms with E-state index in [0.717, 1.165) is 29.5 Å². The molecule has 0 aliphatic carbocycles. The molecule has 158 valence electrons. The molecule has 6 nitrogen and oxygen atoms in total. The molecule has 2 aromatic carbocycles. The average Bonchev–Trinajstić information content (AvgIpc) is 3.07. The number of primary amides is 1. The van der Waals surface area contributed by atoms with Crippen molar-refractivity contribution in [2.45, 2.75) is 32.9 Å². The van der Waals surface area contributed by atoms with Crippen LogP contribution in [0.15, 0.2) is 54.7 Å². The fraction of sp³-hybridized carbons (Fsp3) is 0.208. The van der Waals surface area contributed by atoms with Crippen LogP contribution in [0.2, 0.25) is 0 Å². The smallest absolute Gasteiger partial charge is 0.260 e. The van der Waals surface area contributed by atoms with Gasteiger partial charge >= 0.3 is 0 Å². The van der Waals surface area contributed by atoms with E-state index in [0.29, 0.717) is 24.2 Å². The number of nitrogens with two attached hydrogens (primary N) is 1. The largest absolute Gasteiger partial charge is 0.435 e. The molecule has 2 heterocycles. The molecule has 0 unspecified atom stereocenters. The number of amides is 2. The molecule has 0 fully saturated rings. The lowest BCUT2D eigenvalue weighted by Gasteiger charge is -2.16. The topological polar surface area (TPSA) is 85.5 Å². The number of carbonyl (C=O) groups excluding carboxylic acids is 2. The standard InChI is InChI=1S/C24H22FN3O3/c1-2-3-15-6-9-20(19(25)12-15)31-23-21-18(10-11-27-23)14-28(24(21)30)13-16-4-7-17(8-5-16)22(26)29/h4-12H,2-3,13-14H2,1H3,(H2,26,29). The molecule has 0 saturated heterocycles. The van der Waals surface area contributed by atoms with Crippen LogP contribution in [0.4, 0.5) is 4.39 Å². The van der Waals surface area contributed by atoms with E-state index in [1.165, 1.54) is 6.07 Å². The molecule has 0 atom stereocenters. The van der Waals surface area contributed by atoms with Crippen LogP contribution < -0.4 is 10.5 Å². The van der Waals surface area contributed by atoms with Crippen LogP contribution in [0.5, 0.6) is 11.6 Å². The highest BCUT2D eigenvalue weighted by atomic mass is 19.1. The van der Waals surface area contributed by atoms with Crippen LogP contribution in [-0.2, 0) is 19.5 Å². The third-order valence-electron chi connectivity index (χ3n) is 5.22. The first kappa shape index (κ1) is 20.5. The maximum atomic E-state index is 14.5. The van der Waals surface area contributed by atoms with Crippen molar-refractivity contribution in [3.8, 4) is 11.6 Å². The quantitative estimate of drug-likeness (QED) is 0.621. The third kappa shape index (κ3) is 4.26. The van der Waals surface area contributed by atoms with Gasteiger partial charge in [0, 0.05) is 24.8 Å². The first-order chi connectivity index (χ1) is 15.0. The number of carbonyl (C=O) groups is 2. The molecule has 0 radical (unpaired) electrons. The number of benzene rings is 2. The molecule has 31 heavy (non-hydrogen) atoms. The van der Waals surface area contributed by atoms with Crippen LogP contribution in [0, 0.1) is 5.82 Å². The van der Waals surface area contributed by atoms with Gasteiger partial charge in [-0.2, -0.15) is 0 Å². The average molecular weight is 419 g/mol. The first-order valence-electron chi connectivity index (χ1n) is 10.1. The lowest BCUT2D eigenvalue weighted by atomic mass is 10.1. The zero-order chi connectivity index (χ0) is 22.0. The molecule has 2 N–H and O–H groups in total. The summed E-state index contributed by atoms with van der Waals surface area (Å²) in [4.78, 5) is 30.1. The van der Waals surface area contributed by atoms with Crippen molar-refractivity contribution in [1.82, 2.24) is 9.88 Å². The monoisotopic (exact) mass is 419 g/mol. The van der Waals surface area contributed by atoms with E-state index in [1.54, 1.807) is 47.5 Å². The number of halogens is 1. The predicted octanol–water partition coefficient (Wildman–Crippen LogP) is 4.22. The summed E-state index contributed by atoms with van der Waals surface area (Å²) in [7, 11) is 0. The Hall–Kier alpha value is -3.74. The van der Waals surface area contributed by atoms with Gasteiger partial charge in [-0.1, -0.05) is 31.5 Å².